The lowest BCUT2D eigenvalue weighted by molar-refractivity contribution is 0.736. The first-order valence-electron chi connectivity index (χ1n) is 4.00. The first kappa shape index (κ1) is 8.87. The highest BCUT2D eigenvalue weighted by Crippen LogP contribution is 1.88. The van der Waals surface area contributed by atoms with E-state index in [2.05, 4.69) is 21.4 Å². The quantitative estimate of drug-likeness (QED) is 0.534. The van der Waals surface area contributed by atoms with Gasteiger partial charge in [0.1, 0.15) is 6.33 Å². The van der Waals surface area contributed by atoms with Crippen molar-refractivity contribution >= 4 is 0 Å². The minimum atomic E-state index is 0.798. The highest BCUT2D eigenvalue weighted by atomic mass is 14.9. The van der Waals surface area contributed by atoms with Gasteiger partial charge >= 0.3 is 0 Å². The molecule has 1 aromatic heterocycles. The summed E-state index contributed by atoms with van der Waals surface area (Å²) in [5.41, 5.74) is 1.02. The topological polar surface area (TPSA) is 37.8 Å². The predicted octanol–water partition coefficient (Wildman–Crippen LogP) is 1.14. The fourth-order valence-corrected chi connectivity index (χ4v) is 0.824. The van der Waals surface area contributed by atoms with Crippen molar-refractivity contribution in [3.63, 3.8) is 0 Å². The lowest BCUT2D eigenvalue weighted by atomic mass is 10.4. The van der Waals surface area contributed by atoms with Gasteiger partial charge in [0.2, 0.25) is 0 Å². The summed E-state index contributed by atoms with van der Waals surface area (Å²) in [6, 6.07) is 1.91. The van der Waals surface area contributed by atoms with Crippen molar-refractivity contribution in [1.29, 1.82) is 0 Å². The minimum absolute atomic E-state index is 0.798. The Labute approximate surface area is 72.6 Å². The molecule has 0 saturated carbocycles. The van der Waals surface area contributed by atoms with Crippen molar-refractivity contribution in [1.82, 2.24) is 15.3 Å². The summed E-state index contributed by atoms with van der Waals surface area (Å²) in [6.45, 7) is 3.69. The number of nitrogens with zero attached hydrogens (tertiary/aromatic N) is 2. The molecule has 0 aromatic carbocycles. The predicted molar refractivity (Wildman–Crippen MR) is 48.6 cm³/mol. The molecule has 0 fully saturated rings. The summed E-state index contributed by atoms with van der Waals surface area (Å²) < 4.78 is 0. The highest BCUT2D eigenvalue weighted by molar-refractivity contribution is 4.97. The Morgan fingerprint density at radius 1 is 1.58 bits per heavy atom. The molecule has 64 valence electrons. The third-order valence-corrected chi connectivity index (χ3v) is 1.45. The number of allylic oxidation sites excluding steroid dienone is 1. The van der Waals surface area contributed by atoms with Gasteiger partial charge in [-0.1, -0.05) is 12.2 Å². The Balaban J connectivity index is 2.24. The van der Waals surface area contributed by atoms with Crippen LogP contribution < -0.4 is 5.32 Å². The van der Waals surface area contributed by atoms with Gasteiger partial charge in [0, 0.05) is 19.3 Å². The fraction of sp³-hybridized carbons (Fsp3) is 0.333. The zero-order valence-corrected chi connectivity index (χ0v) is 7.20. The number of nitrogens with one attached hydrogen (secondary N) is 1. The molecule has 1 heterocycles. The first-order valence-corrected chi connectivity index (χ1v) is 4.00. The standard InChI is InChI=1S/C9H13N3/c1-2-3-5-10-7-9-4-6-11-8-12-9/h2-4,6,8,10H,5,7H2,1H3/b3-2+. The zero-order valence-electron chi connectivity index (χ0n) is 7.20. The van der Waals surface area contributed by atoms with Gasteiger partial charge in [-0.2, -0.15) is 0 Å². The van der Waals surface area contributed by atoms with E-state index in [4.69, 9.17) is 0 Å². The lowest BCUT2D eigenvalue weighted by Crippen LogP contribution is -2.13. The third-order valence-electron chi connectivity index (χ3n) is 1.45. The molecule has 0 saturated heterocycles. The van der Waals surface area contributed by atoms with Crippen molar-refractivity contribution in [2.24, 2.45) is 0 Å². The molecule has 0 amide bonds. The molecule has 1 rings (SSSR count). The molecular weight excluding hydrogens is 150 g/mol. The lowest BCUT2D eigenvalue weighted by Gasteiger charge is -1.98. The number of hydrogen-bond donors (Lipinski definition) is 1. The largest absolute Gasteiger partial charge is 0.308 e. The van der Waals surface area contributed by atoms with Crippen molar-refractivity contribution in [3.8, 4) is 0 Å². The molecular formula is C9H13N3. The van der Waals surface area contributed by atoms with Crippen LogP contribution in [-0.4, -0.2) is 16.5 Å². The van der Waals surface area contributed by atoms with Gasteiger partial charge in [-0.3, -0.25) is 0 Å². The summed E-state index contributed by atoms with van der Waals surface area (Å²) in [7, 11) is 0. The van der Waals surface area contributed by atoms with E-state index in [-0.39, 0.29) is 0 Å². The van der Waals surface area contributed by atoms with Gasteiger partial charge in [-0.05, 0) is 13.0 Å². The van der Waals surface area contributed by atoms with Crippen LogP contribution in [0.25, 0.3) is 0 Å². The molecule has 1 aromatic rings. The molecule has 0 aliphatic carbocycles. The van der Waals surface area contributed by atoms with Crippen LogP contribution in [0.2, 0.25) is 0 Å². The maximum absolute atomic E-state index is 4.08. The number of hydrogen-bond acceptors (Lipinski definition) is 3. The minimum Gasteiger partial charge on any atom is -0.308 e. The van der Waals surface area contributed by atoms with Crippen LogP contribution in [0.15, 0.2) is 30.7 Å². The highest BCUT2D eigenvalue weighted by Gasteiger charge is 1.89. The summed E-state index contributed by atoms with van der Waals surface area (Å²) in [4.78, 5) is 7.92. The van der Waals surface area contributed by atoms with Crippen molar-refractivity contribution in [3.05, 3.63) is 36.4 Å². The van der Waals surface area contributed by atoms with Crippen LogP contribution in [0, 0.1) is 0 Å². The van der Waals surface area contributed by atoms with E-state index in [1.54, 1.807) is 12.5 Å². The molecule has 0 radical (unpaired) electrons. The van der Waals surface area contributed by atoms with Crippen molar-refractivity contribution in [2.45, 2.75) is 13.5 Å². The van der Waals surface area contributed by atoms with E-state index < -0.39 is 0 Å². The third kappa shape index (κ3) is 3.25. The van der Waals surface area contributed by atoms with Gasteiger partial charge in [0.15, 0.2) is 0 Å². The second kappa shape index (κ2) is 5.43. The van der Waals surface area contributed by atoms with Crippen LogP contribution in [0.4, 0.5) is 0 Å². The molecule has 0 spiro atoms. The van der Waals surface area contributed by atoms with Crippen molar-refractivity contribution in [2.75, 3.05) is 6.54 Å². The van der Waals surface area contributed by atoms with Crippen LogP contribution in [-0.2, 0) is 6.54 Å². The van der Waals surface area contributed by atoms with Gasteiger partial charge in [0.05, 0.1) is 5.69 Å². The number of rotatable bonds is 4. The second-order valence-electron chi connectivity index (χ2n) is 2.40. The molecule has 0 aliphatic heterocycles. The van der Waals surface area contributed by atoms with E-state index in [1.165, 1.54) is 0 Å². The molecule has 0 bridgehead atoms. The van der Waals surface area contributed by atoms with Gasteiger partial charge in [-0.25, -0.2) is 9.97 Å². The molecule has 3 nitrogen and oxygen atoms in total. The van der Waals surface area contributed by atoms with Crippen LogP contribution in [0.3, 0.4) is 0 Å². The molecule has 12 heavy (non-hydrogen) atoms. The zero-order chi connectivity index (χ0) is 8.65. The van der Waals surface area contributed by atoms with Gasteiger partial charge < -0.3 is 5.32 Å². The second-order valence-corrected chi connectivity index (χ2v) is 2.40. The Kier molecular flexibility index (Phi) is 4.02. The number of aromatic nitrogens is 2. The van der Waals surface area contributed by atoms with E-state index in [1.807, 2.05) is 19.1 Å². The Bertz CT molecular complexity index is 231. The van der Waals surface area contributed by atoms with E-state index in [0.29, 0.717) is 0 Å². The van der Waals surface area contributed by atoms with E-state index in [0.717, 1.165) is 18.8 Å². The van der Waals surface area contributed by atoms with Gasteiger partial charge in [-0.15, -0.1) is 0 Å². The molecule has 0 aliphatic rings. The average molecular weight is 163 g/mol. The van der Waals surface area contributed by atoms with Crippen LogP contribution in [0.5, 0.6) is 0 Å². The van der Waals surface area contributed by atoms with E-state index >= 15 is 0 Å². The molecule has 1 N–H and O–H groups in total. The van der Waals surface area contributed by atoms with Gasteiger partial charge in [0.25, 0.3) is 0 Å². The Morgan fingerprint density at radius 2 is 2.50 bits per heavy atom. The summed E-state index contributed by atoms with van der Waals surface area (Å²) in [5.74, 6) is 0. The summed E-state index contributed by atoms with van der Waals surface area (Å²) >= 11 is 0. The SMILES string of the molecule is C/C=C/CNCc1ccncn1. The maximum Gasteiger partial charge on any atom is 0.115 e. The van der Waals surface area contributed by atoms with Crippen LogP contribution in [0.1, 0.15) is 12.6 Å². The fourth-order valence-electron chi connectivity index (χ4n) is 0.824. The van der Waals surface area contributed by atoms with E-state index in [9.17, 15) is 0 Å². The molecule has 0 unspecified atom stereocenters. The van der Waals surface area contributed by atoms with Crippen molar-refractivity contribution < 1.29 is 0 Å². The Hall–Kier alpha value is -1.22. The smallest absolute Gasteiger partial charge is 0.115 e. The molecule has 0 atom stereocenters. The average Bonchev–Trinajstić information content (AvgIpc) is 2.14. The monoisotopic (exact) mass is 163 g/mol. The summed E-state index contributed by atoms with van der Waals surface area (Å²) in [6.07, 6.45) is 7.40. The Morgan fingerprint density at radius 3 is 3.17 bits per heavy atom. The summed E-state index contributed by atoms with van der Waals surface area (Å²) in [5, 5.41) is 3.23. The maximum atomic E-state index is 4.08. The normalized spacial score (nSPS) is 10.8. The first-order chi connectivity index (χ1) is 5.93. The van der Waals surface area contributed by atoms with Crippen LogP contribution >= 0.6 is 0 Å². The molecule has 3 heteroatoms.